The molecule has 0 atom stereocenters. The van der Waals surface area contributed by atoms with Crippen LogP contribution in [0.5, 0.6) is 0 Å². The highest BCUT2D eigenvalue weighted by molar-refractivity contribution is 6.44. The van der Waals surface area contributed by atoms with Crippen LogP contribution in [0.1, 0.15) is 50.3 Å². The first-order valence-electron chi connectivity index (χ1n) is 8.74. The van der Waals surface area contributed by atoms with Gasteiger partial charge in [-0.15, -0.1) is 0 Å². The van der Waals surface area contributed by atoms with E-state index in [0.717, 1.165) is 37.3 Å². The van der Waals surface area contributed by atoms with Crippen LogP contribution >= 0.6 is 23.2 Å². The van der Waals surface area contributed by atoms with Gasteiger partial charge in [-0.1, -0.05) is 23.2 Å². The van der Waals surface area contributed by atoms with Crippen molar-refractivity contribution >= 4 is 46.6 Å². The Morgan fingerprint density at radius 2 is 1.33 bits per heavy atom. The molecule has 27 heavy (non-hydrogen) atoms. The summed E-state index contributed by atoms with van der Waals surface area (Å²) in [6.45, 7) is 1.53. The van der Waals surface area contributed by atoms with Crippen molar-refractivity contribution < 1.29 is 14.4 Å². The lowest BCUT2D eigenvalue weighted by molar-refractivity contribution is 0.0724. The van der Waals surface area contributed by atoms with Gasteiger partial charge in [0.05, 0.1) is 26.9 Å². The summed E-state index contributed by atoms with van der Waals surface area (Å²) < 4.78 is 0. The number of fused-ring (bicyclic) bond motifs is 1. The number of carbonyl (C=O) groups excluding carboxylic acids is 3. The predicted molar refractivity (Wildman–Crippen MR) is 104 cm³/mol. The van der Waals surface area contributed by atoms with Crippen molar-refractivity contribution in [1.82, 2.24) is 4.90 Å². The standard InChI is InChI=1S/C20H16Cl2N2O3/c21-16-10-14-15(11-17(16)22)20(27)24(19(14)26)13-6-4-12(5-7-13)18(25)23-8-2-1-3-9-23/h4-7,10-11H,1-3,8-9H2. The molecule has 4 rings (SSSR count). The molecule has 0 aromatic heterocycles. The van der Waals surface area contributed by atoms with Crippen molar-refractivity contribution in [2.45, 2.75) is 19.3 Å². The molecule has 3 amide bonds. The molecule has 0 spiro atoms. The lowest BCUT2D eigenvalue weighted by Gasteiger charge is -2.26. The van der Waals surface area contributed by atoms with Crippen molar-refractivity contribution in [2.24, 2.45) is 0 Å². The molecule has 2 aliphatic heterocycles. The van der Waals surface area contributed by atoms with E-state index in [9.17, 15) is 14.4 Å². The van der Waals surface area contributed by atoms with Gasteiger partial charge in [0, 0.05) is 18.7 Å². The van der Waals surface area contributed by atoms with E-state index in [1.165, 1.54) is 12.1 Å². The van der Waals surface area contributed by atoms with Crippen LogP contribution in [0, 0.1) is 0 Å². The number of nitrogens with zero attached hydrogens (tertiary/aromatic N) is 2. The van der Waals surface area contributed by atoms with Gasteiger partial charge in [-0.25, -0.2) is 4.90 Å². The maximum atomic E-state index is 12.7. The first-order valence-corrected chi connectivity index (χ1v) is 9.50. The number of likely N-dealkylation sites (tertiary alicyclic amines) is 1. The lowest BCUT2D eigenvalue weighted by Crippen LogP contribution is -2.35. The van der Waals surface area contributed by atoms with Gasteiger partial charge in [-0.2, -0.15) is 0 Å². The van der Waals surface area contributed by atoms with Gasteiger partial charge in [0.25, 0.3) is 17.7 Å². The van der Waals surface area contributed by atoms with E-state index in [2.05, 4.69) is 0 Å². The maximum Gasteiger partial charge on any atom is 0.266 e. The number of amides is 3. The fraction of sp³-hybridized carbons (Fsp3) is 0.250. The Bertz CT molecular complexity index is 909. The Hall–Kier alpha value is -2.37. The quantitative estimate of drug-likeness (QED) is 0.698. The van der Waals surface area contributed by atoms with Crippen LogP contribution in [-0.2, 0) is 0 Å². The third-order valence-electron chi connectivity index (χ3n) is 4.94. The Balaban J connectivity index is 1.60. The van der Waals surface area contributed by atoms with E-state index in [-0.39, 0.29) is 27.1 Å². The molecule has 2 heterocycles. The van der Waals surface area contributed by atoms with E-state index < -0.39 is 11.8 Å². The van der Waals surface area contributed by atoms with Crippen molar-refractivity contribution in [1.29, 1.82) is 0 Å². The second-order valence-electron chi connectivity index (χ2n) is 6.66. The van der Waals surface area contributed by atoms with Gasteiger partial charge in [0.15, 0.2) is 0 Å². The van der Waals surface area contributed by atoms with Crippen molar-refractivity contribution in [2.75, 3.05) is 18.0 Å². The van der Waals surface area contributed by atoms with Crippen molar-refractivity contribution in [3.63, 3.8) is 0 Å². The number of rotatable bonds is 2. The molecule has 0 aliphatic carbocycles. The topological polar surface area (TPSA) is 57.7 Å². The maximum absolute atomic E-state index is 12.7. The fourth-order valence-electron chi connectivity index (χ4n) is 3.50. The number of hydrogen-bond acceptors (Lipinski definition) is 3. The fourth-order valence-corrected chi connectivity index (χ4v) is 3.83. The van der Waals surface area contributed by atoms with E-state index >= 15 is 0 Å². The Morgan fingerprint density at radius 1 is 0.815 bits per heavy atom. The van der Waals surface area contributed by atoms with E-state index in [1.807, 2.05) is 4.90 Å². The van der Waals surface area contributed by atoms with Crippen LogP contribution < -0.4 is 4.90 Å². The lowest BCUT2D eigenvalue weighted by atomic mass is 10.1. The summed E-state index contributed by atoms with van der Waals surface area (Å²) in [5.74, 6) is -0.936. The van der Waals surface area contributed by atoms with Gasteiger partial charge < -0.3 is 4.90 Å². The van der Waals surface area contributed by atoms with Crippen molar-refractivity contribution in [3.8, 4) is 0 Å². The minimum Gasteiger partial charge on any atom is -0.339 e. The normalized spacial score (nSPS) is 16.7. The molecule has 0 N–H and O–H groups in total. The zero-order chi connectivity index (χ0) is 19.1. The van der Waals surface area contributed by atoms with Gasteiger partial charge in [0.2, 0.25) is 0 Å². The molecule has 2 aromatic rings. The molecule has 1 saturated heterocycles. The third-order valence-corrected chi connectivity index (χ3v) is 5.67. The van der Waals surface area contributed by atoms with Crippen molar-refractivity contribution in [3.05, 3.63) is 63.1 Å². The third kappa shape index (κ3) is 3.11. The number of piperidine rings is 1. The molecule has 0 radical (unpaired) electrons. The molecular formula is C20H16Cl2N2O3. The smallest absolute Gasteiger partial charge is 0.266 e. The van der Waals surface area contributed by atoms with Gasteiger partial charge in [-0.05, 0) is 55.7 Å². The predicted octanol–water partition coefficient (Wildman–Crippen LogP) is 4.42. The second kappa shape index (κ2) is 6.98. The Morgan fingerprint density at radius 3 is 1.85 bits per heavy atom. The summed E-state index contributed by atoms with van der Waals surface area (Å²) >= 11 is 11.9. The molecule has 1 fully saturated rings. The number of benzene rings is 2. The number of imide groups is 1. The summed E-state index contributed by atoms with van der Waals surface area (Å²) in [5.41, 5.74) is 1.40. The second-order valence-corrected chi connectivity index (χ2v) is 7.47. The van der Waals surface area contributed by atoms with Crippen LogP contribution in [0.25, 0.3) is 0 Å². The number of carbonyl (C=O) groups is 3. The van der Waals surface area contributed by atoms with E-state index in [4.69, 9.17) is 23.2 Å². The molecule has 2 aliphatic rings. The van der Waals surface area contributed by atoms with Crippen LogP contribution in [-0.4, -0.2) is 35.7 Å². The summed E-state index contributed by atoms with van der Waals surface area (Å²) in [6.07, 6.45) is 3.18. The van der Waals surface area contributed by atoms with Gasteiger partial charge >= 0.3 is 0 Å². The number of anilines is 1. The Labute approximate surface area is 166 Å². The molecule has 2 aromatic carbocycles. The molecule has 0 bridgehead atoms. The monoisotopic (exact) mass is 402 g/mol. The highest BCUT2D eigenvalue weighted by Crippen LogP contribution is 2.34. The molecular weight excluding hydrogens is 387 g/mol. The highest BCUT2D eigenvalue weighted by atomic mass is 35.5. The number of hydrogen-bond donors (Lipinski definition) is 0. The minimum atomic E-state index is -0.455. The highest BCUT2D eigenvalue weighted by Gasteiger charge is 2.37. The molecule has 0 saturated carbocycles. The first-order chi connectivity index (χ1) is 13.0. The Kier molecular flexibility index (Phi) is 4.66. The summed E-state index contributed by atoms with van der Waals surface area (Å²) in [5, 5.41) is 0.446. The number of halogens is 2. The minimum absolute atomic E-state index is 0.0258. The summed E-state index contributed by atoms with van der Waals surface area (Å²) in [6, 6.07) is 9.34. The molecule has 5 nitrogen and oxygen atoms in total. The zero-order valence-corrected chi connectivity index (χ0v) is 15.9. The molecule has 7 heteroatoms. The first kappa shape index (κ1) is 18.0. The largest absolute Gasteiger partial charge is 0.339 e. The average molecular weight is 403 g/mol. The molecule has 0 unspecified atom stereocenters. The van der Waals surface area contributed by atoms with Crippen LogP contribution in [0.4, 0.5) is 5.69 Å². The average Bonchev–Trinajstić information content (AvgIpc) is 2.92. The van der Waals surface area contributed by atoms with Crippen LogP contribution in [0.3, 0.4) is 0 Å². The summed E-state index contributed by atoms with van der Waals surface area (Å²) in [7, 11) is 0. The SMILES string of the molecule is O=C(c1ccc(N2C(=O)c3cc(Cl)c(Cl)cc3C2=O)cc1)N1CCCCC1. The van der Waals surface area contributed by atoms with Crippen LogP contribution in [0.2, 0.25) is 10.0 Å². The van der Waals surface area contributed by atoms with Gasteiger partial charge in [-0.3, -0.25) is 14.4 Å². The zero-order valence-electron chi connectivity index (χ0n) is 14.4. The van der Waals surface area contributed by atoms with E-state index in [0.29, 0.717) is 11.3 Å². The van der Waals surface area contributed by atoms with Gasteiger partial charge in [0.1, 0.15) is 0 Å². The van der Waals surface area contributed by atoms with Crippen LogP contribution in [0.15, 0.2) is 36.4 Å². The molecule has 138 valence electrons. The van der Waals surface area contributed by atoms with E-state index in [1.54, 1.807) is 24.3 Å². The summed E-state index contributed by atoms with van der Waals surface area (Å²) in [4.78, 5) is 40.8.